The minimum absolute atomic E-state index is 0.504. The van der Waals surface area contributed by atoms with Gasteiger partial charge in [-0.15, -0.1) is 0 Å². The van der Waals surface area contributed by atoms with Gasteiger partial charge in [0.05, 0.1) is 14.2 Å². The van der Waals surface area contributed by atoms with Crippen molar-refractivity contribution in [2.75, 3.05) is 40.4 Å². The third-order valence-electron chi connectivity index (χ3n) is 4.96. The minimum atomic E-state index is 0.504. The first-order chi connectivity index (χ1) is 10.2. The molecule has 0 aromatic heterocycles. The van der Waals surface area contributed by atoms with Crippen molar-refractivity contribution in [3.05, 3.63) is 23.8 Å². The van der Waals surface area contributed by atoms with E-state index in [2.05, 4.69) is 16.3 Å². The largest absolute Gasteiger partial charge is 0.497 e. The lowest BCUT2D eigenvalue weighted by atomic mass is 9.80. The van der Waals surface area contributed by atoms with E-state index in [-0.39, 0.29) is 0 Å². The lowest BCUT2D eigenvalue weighted by Crippen LogP contribution is -2.41. The molecule has 2 aliphatic rings. The first-order valence-corrected chi connectivity index (χ1v) is 7.89. The molecule has 4 nitrogen and oxygen atoms in total. The number of hydrogen-bond acceptors (Lipinski definition) is 4. The van der Waals surface area contributed by atoms with Crippen molar-refractivity contribution < 1.29 is 9.47 Å². The van der Waals surface area contributed by atoms with Gasteiger partial charge in [-0.1, -0.05) is 0 Å². The van der Waals surface area contributed by atoms with Gasteiger partial charge in [0.2, 0.25) is 0 Å². The average molecular weight is 290 g/mol. The number of methoxy groups -OCH3 is 2. The maximum Gasteiger partial charge on any atom is 0.123 e. The summed E-state index contributed by atoms with van der Waals surface area (Å²) in [6, 6.07) is 6.06. The molecule has 2 fully saturated rings. The average Bonchev–Trinajstić information content (AvgIpc) is 2.90. The van der Waals surface area contributed by atoms with Gasteiger partial charge in [0.25, 0.3) is 0 Å². The van der Waals surface area contributed by atoms with Crippen LogP contribution in [-0.2, 0) is 6.54 Å². The fraction of sp³-hybridized carbons (Fsp3) is 0.647. The van der Waals surface area contributed by atoms with Crippen LogP contribution in [0.2, 0.25) is 0 Å². The molecule has 1 spiro atoms. The molecule has 1 aromatic rings. The second-order valence-electron chi connectivity index (χ2n) is 6.42. The summed E-state index contributed by atoms with van der Waals surface area (Å²) in [7, 11) is 3.45. The Morgan fingerprint density at radius 1 is 1.24 bits per heavy atom. The molecule has 0 radical (unpaired) electrons. The topological polar surface area (TPSA) is 33.7 Å². The van der Waals surface area contributed by atoms with Gasteiger partial charge < -0.3 is 14.8 Å². The Hall–Kier alpha value is -1.26. The van der Waals surface area contributed by atoms with Crippen molar-refractivity contribution in [3.63, 3.8) is 0 Å². The Morgan fingerprint density at radius 2 is 2.14 bits per heavy atom. The van der Waals surface area contributed by atoms with Gasteiger partial charge >= 0.3 is 0 Å². The molecule has 2 saturated heterocycles. The van der Waals surface area contributed by atoms with Crippen LogP contribution in [0.3, 0.4) is 0 Å². The van der Waals surface area contributed by atoms with Crippen molar-refractivity contribution in [2.45, 2.75) is 25.8 Å². The zero-order valence-corrected chi connectivity index (χ0v) is 13.2. The van der Waals surface area contributed by atoms with Gasteiger partial charge in [0.15, 0.2) is 0 Å². The summed E-state index contributed by atoms with van der Waals surface area (Å²) < 4.78 is 10.8. The number of piperidine rings is 1. The number of nitrogens with one attached hydrogen (secondary N) is 1. The molecule has 4 heteroatoms. The molecule has 0 saturated carbocycles. The van der Waals surface area contributed by atoms with Crippen LogP contribution in [0.4, 0.5) is 0 Å². The van der Waals surface area contributed by atoms with E-state index in [4.69, 9.17) is 9.47 Å². The van der Waals surface area contributed by atoms with Crippen LogP contribution < -0.4 is 14.8 Å². The smallest absolute Gasteiger partial charge is 0.123 e. The summed E-state index contributed by atoms with van der Waals surface area (Å²) in [6.45, 7) is 5.69. The molecule has 2 aliphatic heterocycles. The lowest BCUT2D eigenvalue weighted by Gasteiger charge is -2.34. The predicted octanol–water partition coefficient (Wildman–Crippen LogP) is 2.28. The molecule has 1 aromatic carbocycles. The normalized spacial score (nSPS) is 26.2. The van der Waals surface area contributed by atoms with E-state index in [0.29, 0.717) is 5.41 Å². The van der Waals surface area contributed by atoms with E-state index >= 15 is 0 Å². The SMILES string of the molecule is COc1ccc(OC)c(CN2CCC3(CCCNC3)C2)c1. The monoisotopic (exact) mass is 290 g/mol. The first-order valence-electron chi connectivity index (χ1n) is 7.89. The summed E-state index contributed by atoms with van der Waals surface area (Å²) >= 11 is 0. The highest BCUT2D eigenvalue weighted by Crippen LogP contribution is 2.37. The molecule has 3 rings (SSSR count). The fourth-order valence-electron chi connectivity index (χ4n) is 3.79. The van der Waals surface area contributed by atoms with Crippen LogP contribution in [0.25, 0.3) is 0 Å². The van der Waals surface area contributed by atoms with Crippen molar-refractivity contribution in [1.82, 2.24) is 10.2 Å². The number of ether oxygens (including phenoxy) is 2. The Kier molecular flexibility index (Phi) is 4.36. The number of benzene rings is 1. The number of rotatable bonds is 4. The lowest BCUT2D eigenvalue weighted by molar-refractivity contribution is 0.198. The highest BCUT2D eigenvalue weighted by molar-refractivity contribution is 5.40. The predicted molar refractivity (Wildman–Crippen MR) is 84.0 cm³/mol. The van der Waals surface area contributed by atoms with E-state index in [0.717, 1.165) is 18.0 Å². The molecular formula is C17H26N2O2. The molecule has 0 aliphatic carbocycles. The Balaban J connectivity index is 1.69. The summed E-state index contributed by atoms with van der Waals surface area (Å²) in [5, 5.41) is 3.57. The molecule has 2 heterocycles. The highest BCUT2D eigenvalue weighted by atomic mass is 16.5. The molecule has 116 valence electrons. The van der Waals surface area contributed by atoms with Crippen molar-refractivity contribution >= 4 is 0 Å². The van der Waals surface area contributed by atoms with E-state index < -0.39 is 0 Å². The zero-order chi connectivity index (χ0) is 14.7. The van der Waals surface area contributed by atoms with E-state index in [9.17, 15) is 0 Å². The second kappa shape index (κ2) is 6.24. The molecule has 0 amide bonds. The third-order valence-corrected chi connectivity index (χ3v) is 4.96. The standard InChI is InChI=1S/C17H26N2O2/c1-20-15-4-5-16(21-2)14(10-15)11-19-9-7-17(13-19)6-3-8-18-12-17/h4-5,10,18H,3,6-9,11-13H2,1-2H3. The van der Waals surface area contributed by atoms with Gasteiger partial charge in [-0.25, -0.2) is 0 Å². The minimum Gasteiger partial charge on any atom is -0.497 e. The van der Waals surface area contributed by atoms with Crippen LogP contribution in [0.5, 0.6) is 11.5 Å². The van der Waals surface area contributed by atoms with Crippen LogP contribution in [-0.4, -0.2) is 45.3 Å². The second-order valence-corrected chi connectivity index (χ2v) is 6.42. The van der Waals surface area contributed by atoms with Crippen LogP contribution >= 0.6 is 0 Å². The van der Waals surface area contributed by atoms with E-state index in [1.54, 1.807) is 14.2 Å². The van der Waals surface area contributed by atoms with Gasteiger partial charge in [-0.3, -0.25) is 4.90 Å². The fourth-order valence-corrected chi connectivity index (χ4v) is 3.79. The number of hydrogen-bond donors (Lipinski definition) is 1. The zero-order valence-electron chi connectivity index (χ0n) is 13.2. The first kappa shape index (κ1) is 14.7. The Morgan fingerprint density at radius 3 is 2.86 bits per heavy atom. The van der Waals surface area contributed by atoms with Crippen LogP contribution in [0, 0.1) is 5.41 Å². The third kappa shape index (κ3) is 3.16. The summed E-state index contributed by atoms with van der Waals surface area (Å²) in [5.41, 5.74) is 1.72. The number of nitrogens with zero attached hydrogens (tertiary/aromatic N) is 1. The Bertz CT molecular complexity index is 484. The molecule has 0 bridgehead atoms. The summed E-state index contributed by atoms with van der Waals surface area (Å²) in [4.78, 5) is 2.56. The maximum atomic E-state index is 5.50. The molecule has 1 unspecified atom stereocenters. The molecule has 1 N–H and O–H groups in total. The van der Waals surface area contributed by atoms with Crippen molar-refractivity contribution in [1.29, 1.82) is 0 Å². The van der Waals surface area contributed by atoms with Gasteiger partial charge in [0.1, 0.15) is 11.5 Å². The molecular weight excluding hydrogens is 264 g/mol. The van der Waals surface area contributed by atoms with E-state index in [1.807, 2.05) is 12.1 Å². The van der Waals surface area contributed by atoms with Crippen molar-refractivity contribution in [3.8, 4) is 11.5 Å². The van der Waals surface area contributed by atoms with Gasteiger partial charge in [-0.2, -0.15) is 0 Å². The molecule has 21 heavy (non-hydrogen) atoms. The van der Waals surface area contributed by atoms with Gasteiger partial charge in [-0.05, 0) is 56.0 Å². The van der Waals surface area contributed by atoms with Gasteiger partial charge in [0, 0.05) is 25.2 Å². The highest BCUT2D eigenvalue weighted by Gasteiger charge is 2.38. The maximum absolute atomic E-state index is 5.50. The summed E-state index contributed by atoms with van der Waals surface area (Å²) in [6.07, 6.45) is 3.99. The number of likely N-dealkylation sites (tertiary alicyclic amines) is 1. The van der Waals surface area contributed by atoms with Crippen LogP contribution in [0.1, 0.15) is 24.8 Å². The summed E-state index contributed by atoms with van der Waals surface area (Å²) in [5.74, 6) is 1.86. The van der Waals surface area contributed by atoms with Crippen molar-refractivity contribution in [2.24, 2.45) is 5.41 Å². The molecule has 1 atom stereocenters. The van der Waals surface area contributed by atoms with Crippen LogP contribution in [0.15, 0.2) is 18.2 Å². The Labute approximate surface area is 127 Å². The quantitative estimate of drug-likeness (QED) is 0.922. The van der Waals surface area contributed by atoms with E-state index in [1.165, 1.54) is 51.0 Å².